The molecule has 12 heteroatoms. The first-order valence-corrected chi connectivity index (χ1v) is 12.1. The van der Waals surface area contributed by atoms with Crippen LogP contribution >= 0.6 is 11.6 Å². The van der Waals surface area contributed by atoms with E-state index in [1.165, 1.54) is 4.57 Å². The van der Waals surface area contributed by atoms with Gasteiger partial charge in [0.2, 0.25) is 11.7 Å². The van der Waals surface area contributed by atoms with Gasteiger partial charge in [0.05, 0.1) is 42.1 Å². The summed E-state index contributed by atoms with van der Waals surface area (Å²) < 4.78 is 30.6. The lowest BCUT2D eigenvalue weighted by atomic mass is 10.0. The molecule has 0 saturated heterocycles. The van der Waals surface area contributed by atoms with Crippen molar-refractivity contribution >= 4 is 34.7 Å². The van der Waals surface area contributed by atoms with Gasteiger partial charge in [-0.2, -0.15) is 0 Å². The third-order valence-corrected chi connectivity index (χ3v) is 6.88. The standard InChI is InChI=1S/C25H26ClF2N7O2/c1-13-9-16(10-34-23(13)30-31-24(34)22(27)28)35-20(14-5-7-15(26)8-6-14)21-19(25(35)37)17(11-33(21)4)29-18(36)12-32(2)3/h5-9,11,16,20,22H,10,12H2,1-4H3,(H,29,36). The molecule has 2 aromatic heterocycles. The Morgan fingerprint density at radius 2 is 1.95 bits per heavy atom. The highest BCUT2D eigenvalue weighted by molar-refractivity contribution is 6.30. The van der Waals surface area contributed by atoms with Crippen molar-refractivity contribution in [3.8, 4) is 0 Å². The molecule has 0 spiro atoms. The zero-order valence-electron chi connectivity index (χ0n) is 20.7. The lowest BCUT2D eigenvalue weighted by Gasteiger charge is -2.35. The molecular weight excluding hydrogens is 504 g/mol. The number of anilines is 1. The molecule has 194 valence electrons. The minimum absolute atomic E-state index is 0.0749. The molecule has 9 nitrogen and oxygen atoms in total. The number of allylic oxidation sites excluding steroid dienone is 1. The number of halogens is 3. The lowest BCUT2D eigenvalue weighted by molar-refractivity contribution is -0.116. The van der Waals surface area contributed by atoms with Crippen LogP contribution in [0.25, 0.3) is 5.57 Å². The van der Waals surface area contributed by atoms with Crippen molar-refractivity contribution in [2.75, 3.05) is 26.0 Å². The first-order valence-electron chi connectivity index (χ1n) is 11.7. The van der Waals surface area contributed by atoms with Crippen LogP contribution in [0.2, 0.25) is 5.02 Å². The second kappa shape index (κ2) is 9.38. The number of fused-ring (bicyclic) bond motifs is 2. The van der Waals surface area contributed by atoms with Crippen LogP contribution in [0.1, 0.15) is 52.7 Å². The summed E-state index contributed by atoms with van der Waals surface area (Å²) in [7, 11) is 5.38. The second-order valence-electron chi connectivity index (χ2n) is 9.58. The van der Waals surface area contributed by atoms with Gasteiger partial charge in [-0.3, -0.25) is 9.59 Å². The van der Waals surface area contributed by atoms with Gasteiger partial charge >= 0.3 is 0 Å². The van der Waals surface area contributed by atoms with Gasteiger partial charge in [0.1, 0.15) is 0 Å². The molecule has 1 aromatic carbocycles. The third-order valence-electron chi connectivity index (χ3n) is 6.63. The maximum atomic E-state index is 14.1. The number of nitrogens with zero attached hydrogens (tertiary/aromatic N) is 6. The van der Waals surface area contributed by atoms with Crippen LogP contribution in [0.4, 0.5) is 14.5 Å². The topological polar surface area (TPSA) is 88.3 Å². The number of hydrogen-bond acceptors (Lipinski definition) is 5. The highest BCUT2D eigenvalue weighted by Crippen LogP contribution is 2.45. The van der Waals surface area contributed by atoms with Crippen LogP contribution in [-0.2, 0) is 18.4 Å². The molecule has 0 fully saturated rings. The van der Waals surface area contributed by atoms with Gasteiger partial charge < -0.3 is 24.3 Å². The molecule has 2 amide bonds. The molecule has 2 aliphatic heterocycles. The van der Waals surface area contributed by atoms with E-state index in [-0.39, 0.29) is 24.9 Å². The Labute approximate surface area is 217 Å². The zero-order chi connectivity index (χ0) is 26.6. The summed E-state index contributed by atoms with van der Waals surface area (Å²) >= 11 is 6.14. The van der Waals surface area contributed by atoms with Crippen LogP contribution in [0, 0.1) is 0 Å². The third kappa shape index (κ3) is 4.31. The molecule has 5 rings (SSSR count). The van der Waals surface area contributed by atoms with E-state index in [1.54, 1.807) is 49.1 Å². The van der Waals surface area contributed by atoms with E-state index in [2.05, 4.69) is 15.5 Å². The van der Waals surface area contributed by atoms with Crippen molar-refractivity contribution in [1.82, 2.24) is 29.1 Å². The Hall–Kier alpha value is -3.57. The number of aryl methyl sites for hydroxylation is 1. The van der Waals surface area contributed by atoms with Crippen molar-refractivity contribution in [3.05, 3.63) is 70.0 Å². The summed E-state index contributed by atoms with van der Waals surface area (Å²) in [4.78, 5) is 30.0. The normalized spacial score (nSPS) is 18.9. The Bertz CT molecular complexity index is 1410. The highest BCUT2D eigenvalue weighted by atomic mass is 35.5. The number of hydrogen-bond donors (Lipinski definition) is 1. The lowest BCUT2D eigenvalue weighted by Crippen LogP contribution is -2.42. The van der Waals surface area contributed by atoms with Gasteiger partial charge in [0, 0.05) is 18.3 Å². The fourth-order valence-electron chi connectivity index (χ4n) is 5.17. The van der Waals surface area contributed by atoms with Crippen molar-refractivity contribution in [2.24, 2.45) is 7.05 Å². The quantitative estimate of drug-likeness (QED) is 0.525. The smallest absolute Gasteiger partial charge is 0.297 e. The van der Waals surface area contributed by atoms with Gasteiger partial charge in [-0.15, -0.1) is 10.2 Å². The van der Waals surface area contributed by atoms with E-state index in [4.69, 9.17) is 11.6 Å². The Kier molecular flexibility index (Phi) is 6.36. The van der Waals surface area contributed by atoms with Gasteiger partial charge in [0.25, 0.3) is 12.3 Å². The highest BCUT2D eigenvalue weighted by Gasteiger charge is 2.46. The van der Waals surface area contributed by atoms with Crippen LogP contribution in [0.5, 0.6) is 0 Å². The van der Waals surface area contributed by atoms with Gasteiger partial charge in [-0.25, -0.2) is 8.78 Å². The monoisotopic (exact) mass is 529 g/mol. The average Bonchev–Trinajstić information content (AvgIpc) is 3.47. The van der Waals surface area contributed by atoms with Gasteiger partial charge in [0.15, 0.2) is 5.82 Å². The first kappa shape index (κ1) is 25.1. The first-order chi connectivity index (χ1) is 17.6. The number of benzene rings is 1. The van der Waals surface area contributed by atoms with Crippen molar-refractivity contribution in [2.45, 2.75) is 32.0 Å². The number of carbonyl (C=O) groups is 2. The van der Waals surface area contributed by atoms with E-state index in [1.807, 2.05) is 29.8 Å². The van der Waals surface area contributed by atoms with E-state index in [0.29, 0.717) is 33.4 Å². The molecule has 0 radical (unpaired) electrons. The predicted octanol–water partition coefficient (Wildman–Crippen LogP) is 3.74. The molecule has 4 heterocycles. The summed E-state index contributed by atoms with van der Waals surface area (Å²) in [5, 5.41) is 11.0. The number of carbonyl (C=O) groups excluding carboxylic acids is 2. The van der Waals surface area contributed by atoms with Crippen molar-refractivity contribution in [1.29, 1.82) is 0 Å². The molecule has 0 saturated carbocycles. The van der Waals surface area contributed by atoms with E-state index in [0.717, 1.165) is 5.56 Å². The van der Waals surface area contributed by atoms with Crippen molar-refractivity contribution < 1.29 is 18.4 Å². The molecule has 2 aliphatic rings. The molecule has 0 aliphatic carbocycles. The fraction of sp³-hybridized carbons (Fsp3) is 0.360. The summed E-state index contributed by atoms with van der Waals surface area (Å²) in [5.41, 5.74) is 2.93. The Morgan fingerprint density at radius 1 is 1.24 bits per heavy atom. The molecule has 3 aromatic rings. The maximum absolute atomic E-state index is 14.1. The van der Waals surface area contributed by atoms with Crippen LogP contribution in [0.3, 0.4) is 0 Å². The molecular formula is C25H26ClF2N7O2. The van der Waals surface area contributed by atoms with E-state index in [9.17, 15) is 18.4 Å². The summed E-state index contributed by atoms with van der Waals surface area (Å²) in [6.07, 6.45) is 0.784. The number of alkyl halides is 2. The number of nitrogens with one attached hydrogen (secondary N) is 1. The molecule has 37 heavy (non-hydrogen) atoms. The average molecular weight is 530 g/mol. The zero-order valence-corrected chi connectivity index (χ0v) is 21.5. The second-order valence-corrected chi connectivity index (χ2v) is 10.0. The molecule has 0 bridgehead atoms. The molecule has 2 atom stereocenters. The molecule has 1 N–H and O–H groups in total. The predicted molar refractivity (Wildman–Crippen MR) is 134 cm³/mol. The fourth-order valence-corrected chi connectivity index (χ4v) is 5.30. The number of likely N-dealkylation sites (N-methyl/N-ethyl adjacent to an activating group) is 1. The Morgan fingerprint density at radius 3 is 2.59 bits per heavy atom. The minimum atomic E-state index is -2.80. The number of aromatic nitrogens is 4. The largest absolute Gasteiger partial charge is 0.350 e. The van der Waals surface area contributed by atoms with Crippen LogP contribution in [0.15, 0.2) is 36.5 Å². The minimum Gasteiger partial charge on any atom is -0.350 e. The summed E-state index contributed by atoms with van der Waals surface area (Å²) in [5.74, 6) is -0.636. The van der Waals surface area contributed by atoms with Gasteiger partial charge in [-0.1, -0.05) is 29.8 Å². The maximum Gasteiger partial charge on any atom is 0.297 e. The van der Waals surface area contributed by atoms with Gasteiger partial charge in [-0.05, 0) is 44.3 Å². The number of amides is 2. The van der Waals surface area contributed by atoms with E-state index >= 15 is 0 Å². The SMILES string of the molecule is CC1=CC(N2C(=O)c3c(NC(=O)CN(C)C)cn(C)c3C2c2ccc(Cl)cc2)Cn2c1nnc2C(F)F. The summed E-state index contributed by atoms with van der Waals surface area (Å²) in [6.45, 7) is 1.99. The van der Waals surface area contributed by atoms with Crippen LogP contribution in [-0.4, -0.2) is 67.6 Å². The Balaban J connectivity index is 1.61. The van der Waals surface area contributed by atoms with E-state index < -0.39 is 24.3 Å². The molecule has 2 unspecified atom stereocenters. The van der Waals surface area contributed by atoms with Crippen molar-refractivity contribution in [3.63, 3.8) is 0 Å². The summed E-state index contributed by atoms with van der Waals surface area (Å²) in [6, 6.07) is 6.07. The number of rotatable bonds is 6. The van der Waals surface area contributed by atoms with Crippen LogP contribution < -0.4 is 5.32 Å².